The standard InChI is InChI=1S/C14H16N2O2S/c1-4-18-14(17)13-8-10(2)15-16(13)11-6-5-7-12(9-11)19-3/h5-9H,4H2,1-3H3. The molecule has 0 aliphatic rings. The second-order valence-corrected chi connectivity index (χ2v) is 4.88. The van der Waals surface area contributed by atoms with E-state index in [4.69, 9.17) is 4.74 Å². The number of carbonyl (C=O) groups is 1. The normalized spacial score (nSPS) is 10.5. The van der Waals surface area contributed by atoms with Crippen molar-refractivity contribution in [2.75, 3.05) is 12.9 Å². The molecule has 0 spiro atoms. The molecule has 2 aromatic rings. The monoisotopic (exact) mass is 276 g/mol. The van der Waals surface area contributed by atoms with Gasteiger partial charge in [-0.25, -0.2) is 9.48 Å². The molecule has 0 radical (unpaired) electrons. The van der Waals surface area contributed by atoms with Crippen LogP contribution in [0.4, 0.5) is 0 Å². The van der Waals surface area contributed by atoms with E-state index in [1.165, 1.54) is 0 Å². The van der Waals surface area contributed by atoms with E-state index < -0.39 is 0 Å². The number of hydrogen-bond donors (Lipinski definition) is 0. The van der Waals surface area contributed by atoms with Crippen LogP contribution >= 0.6 is 11.8 Å². The summed E-state index contributed by atoms with van der Waals surface area (Å²) in [4.78, 5) is 13.0. The molecule has 1 aromatic heterocycles. The van der Waals surface area contributed by atoms with Crippen LogP contribution in [-0.4, -0.2) is 28.6 Å². The predicted octanol–water partition coefficient (Wildman–Crippen LogP) is 3.08. The lowest BCUT2D eigenvalue weighted by molar-refractivity contribution is 0.0515. The lowest BCUT2D eigenvalue weighted by Gasteiger charge is -2.07. The molecule has 0 atom stereocenters. The second kappa shape index (κ2) is 5.93. The maximum Gasteiger partial charge on any atom is 0.357 e. The Bertz CT molecular complexity index is 593. The van der Waals surface area contributed by atoms with E-state index in [0.717, 1.165) is 16.3 Å². The molecule has 0 amide bonds. The number of aromatic nitrogens is 2. The van der Waals surface area contributed by atoms with Crippen molar-refractivity contribution in [2.45, 2.75) is 18.7 Å². The van der Waals surface area contributed by atoms with E-state index in [1.54, 1.807) is 29.4 Å². The van der Waals surface area contributed by atoms with Crippen molar-refractivity contribution in [1.29, 1.82) is 0 Å². The van der Waals surface area contributed by atoms with Gasteiger partial charge in [0.15, 0.2) is 5.69 Å². The highest BCUT2D eigenvalue weighted by molar-refractivity contribution is 7.98. The molecule has 5 heteroatoms. The fourth-order valence-electron chi connectivity index (χ4n) is 1.79. The molecule has 1 aromatic carbocycles. The molecule has 0 unspecified atom stereocenters. The van der Waals surface area contributed by atoms with Crippen LogP contribution < -0.4 is 0 Å². The first-order chi connectivity index (χ1) is 9.15. The van der Waals surface area contributed by atoms with Gasteiger partial charge >= 0.3 is 5.97 Å². The highest BCUT2D eigenvalue weighted by Gasteiger charge is 2.16. The molecule has 0 fully saturated rings. The van der Waals surface area contributed by atoms with E-state index >= 15 is 0 Å². The molecular weight excluding hydrogens is 260 g/mol. The lowest BCUT2D eigenvalue weighted by Crippen LogP contribution is -2.11. The molecule has 2 rings (SSSR count). The van der Waals surface area contributed by atoms with Crippen LogP contribution in [0.25, 0.3) is 5.69 Å². The first kappa shape index (κ1) is 13.7. The van der Waals surface area contributed by atoms with Crippen molar-refractivity contribution in [3.05, 3.63) is 41.7 Å². The van der Waals surface area contributed by atoms with Gasteiger partial charge in [0.05, 0.1) is 18.0 Å². The lowest BCUT2D eigenvalue weighted by atomic mass is 10.3. The van der Waals surface area contributed by atoms with Gasteiger partial charge in [-0.15, -0.1) is 11.8 Å². The van der Waals surface area contributed by atoms with Gasteiger partial charge < -0.3 is 4.74 Å². The number of benzene rings is 1. The van der Waals surface area contributed by atoms with Crippen molar-refractivity contribution in [1.82, 2.24) is 9.78 Å². The van der Waals surface area contributed by atoms with Crippen LogP contribution in [-0.2, 0) is 4.74 Å². The first-order valence-electron chi connectivity index (χ1n) is 6.04. The number of hydrogen-bond acceptors (Lipinski definition) is 4. The topological polar surface area (TPSA) is 44.1 Å². The number of esters is 1. The molecule has 0 aliphatic carbocycles. The number of thioether (sulfide) groups is 1. The highest BCUT2D eigenvalue weighted by atomic mass is 32.2. The van der Waals surface area contributed by atoms with Gasteiger partial charge in [0.25, 0.3) is 0 Å². The van der Waals surface area contributed by atoms with Crippen molar-refractivity contribution in [3.8, 4) is 5.69 Å². The second-order valence-electron chi connectivity index (χ2n) is 4.00. The minimum atomic E-state index is -0.349. The summed E-state index contributed by atoms with van der Waals surface area (Å²) < 4.78 is 6.69. The summed E-state index contributed by atoms with van der Waals surface area (Å²) in [6.07, 6.45) is 2.01. The molecule has 0 saturated carbocycles. The number of aryl methyl sites for hydroxylation is 1. The summed E-state index contributed by atoms with van der Waals surface area (Å²) in [5.41, 5.74) is 2.11. The van der Waals surface area contributed by atoms with Gasteiger partial charge in [0, 0.05) is 4.90 Å². The van der Waals surface area contributed by atoms with Gasteiger partial charge in [-0.3, -0.25) is 0 Å². The van der Waals surface area contributed by atoms with Crippen LogP contribution in [0.2, 0.25) is 0 Å². The molecular formula is C14H16N2O2S. The Balaban J connectivity index is 2.46. The van der Waals surface area contributed by atoms with Gasteiger partial charge in [0.1, 0.15) is 0 Å². The summed E-state index contributed by atoms with van der Waals surface area (Å²) in [6.45, 7) is 4.01. The molecule has 4 nitrogen and oxygen atoms in total. The number of ether oxygens (including phenoxy) is 1. The molecule has 0 aliphatic heterocycles. The van der Waals surface area contributed by atoms with Crippen LogP contribution in [0.15, 0.2) is 35.2 Å². The van der Waals surface area contributed by atoms with Crippen LogP contribution in [0.1, 0.15) is 23.1 Å². The summed E-state index contributed by atoms with van der Waals surface area (Å²) in [5, 5.41) is 4.37. The molecule has 100 valence electrons. The van der Waals surface area contributed by atoms with Crippen molar-refractivity contribution in [3.63, 3.8) is 0 Å². The predicted molar refractivity (Wildman–Crippen MR) is 76.0 cm³/mol. The largest absolute Gasteiger partial charge is 0.461 e. The smallest absolute Gasteiger partial charge is 0.357 e. The fourth-order valence-corrected chi connectivity index (χ4v) is 2.24. The Morgan fingerprint density at radius 1 is 1.42 bits per heavy atom. The molecule has 0 N–H and O–H groups in total. The zero-order valence-electron chi connectivity index (χ0n) is 11.2. The average Bonchev–Trinajstić information content (AvgIpc) is 2.81. The highest BCUT2D eigenvalue weighted by Crippen LogP contribution is 2.20. The third kappa shape index (κ3) is 2.98. The minimum Gasteiger partial charge on any atom is -0.461 e. The number of carbonyl (C=O) groups excluding carboxylic acids is 1. The summed E-state index contributed by atoms with van der Waals surface area (Å²) in [7, 11) is 0. The molecule has 19 heavy (non-hydrogen) atoms. The Morgan fingerprint density at radius 2 is 2.21 bits per heavy atom. The van der Waals surface area contributed by atoms with Crippen molar-refractivity contribution >= 4 is 17.7 Å². The molecule has 0 saturated heterocycles. The fraction of sp³-hybridized carbons (Fsp3) is 0.286. The summed E-state index contributed by atoms with van der Waals surface area (Å²) in [6, 6.07) is 9.64. The Hall–Kier alpha value is -1.75. The summed E-state index contributed by atoms with van der Waals surface area (Å²) in [5.74, 6) is -0.349. The van der Waals surface area contributed by atoms with Gasteiger partial charge in [-0.05, 0) is 44.4 Å². The molecule has 1 heterocycles. The van der Waals surface area contributed by atoms with E-state index in [1.807, 2.05) is 37.4 Å². The van der Waals surface area contributed by atoms with Gasteiger partial charge in [0.2, 0.25) is 0 Å². The first-order valence-corrected chi connectivity index (χ1v) is 7.26. The zero-order chi connectivity index (χ0) is 13.8. The van der Waals surface area contributed by atoms with Crippen LogP contribution in [0, 0.1) is 6.92 Å². The molecule has 0 bridgehead atoms. The third-order valence-corrected chi connectivity index (χ3v) is 3.34. The van der Waals surface area contributed by atoms with Crippen molar-refractivity contribution < 1.29 is 9.53 Å². The van der Waals surface area contributed by atoms with Gasteiger partial charge in [-0.2, -0.15) is 5.10 Å². The number of rotatable bonds is 4. The Labute approximate surface area is 116 Å². The quantitative estimate of drug-likeness (QED) is 0.636. The third-order valence-electron chi connectivity index (χ3n) is 2.61. The van der Waals surface area contributed by atoms with Crippen LogP contribution in [0.3, 0.4) is 0 Å². The maximum absolute atomic E-state index is 11.9. The summed E-state index contributed by atoms with van der Waals surface area (Å²) >= 11 is 1.65. The average molecular weight is 276 g/mol. The van der Waals surface area contributed by atoms with Gasteiger partial charge in [-0.1, -0.05) is 6.07 Å². The SMILES string of the molecule is CCOC(=O)c1cc(C)nn1-c1cccc(SC)c1. The zero-order valence-corrected chi connectivity index (χ0v) is 12.0. The number of nitrogens with zero attached hydrogens (tertiary/aromatic N) is 2. The van der Waals surface area contributed by atoms with Crippen LogP contribution in [0.5, 0.6) is 0 Å². The van der Waals surface area contributed by atoms with E-state index in [9.17, 15) is 4.79 Å². The van der Waals surface area contributed by atoms with E-state index in [0.29, 0.717) is 12.3 Å². The Morgan fingerprint density at radius 3 is 2.89 bits per heavy atom. The van der Waals surface area contributed by atoms with E-state index in [2.05, 4.69) is 5.10 Å². The Kier molecular flexibility index (Phi) is 4.27. The van der Waals surface area contributed by atoms with E-state index in [-0.39, 0.29) is 5.97 Å². The van der Waals surface area contributed by atoms with Crippen molar-refractivity contribution in [2.24, 2.45) is 0 Å². The maximum atomic E-state index is 11.9. The minimum absolute atomic E-state index is 0.349.